The van der Waals surface area contributed by atoms with E-state index in [-0.39, 0.29) is 0 Å². The third-order valence-corrected chi connectivity index (χ3v) is 2.71. The van der Waals surface area contributed by atoms with Crippen molar-refractivity contribution in [3.05, 3.63) is 18.2 Å². The van der Waals surface area contributed by atoms with Crippen LogP contribution in [0.4, 0.5) is 17.1 Å². The minimum absolute atomic E-state index is 0.608. The summed E-state index contributed by atoms with van der Waals surface area (Å²) >= 11 is 1.73. The van der Waals surface area contributed by atoms with Crippen LogP contribution in [0.2, 0.25) is 0 Å². The fraction of sp³-hybridized carbons (Fsp3) is 0.273. The van der Waals surface area contributed by atoms with Gasteiger partial charge >= 0.3 is 0 Å². The van der Waals surface area contributed by atoms with E-state index in [2.05, 4.69) is 11.2 Å². The van der Waals surface area contributed by atoms with E-state index in [4.69, 9.17) is 17.9 Å². The number of hydrogen-bond acceptors (Lipinski definition) is 4. The lowest BCUT2D eigenvalue weighted by Gasteiger charge is -2.07. The first-order valence-electron chi connectivity index (χ1n) is 4.64. The van der Waals surface area contributed by atoms with Gasteiger partial charge in [0, 0.05) is 18.0 Å². The number of hydrogen-bond donors (Lipinski definition) is 3. The minimum Gasteiger partial charge on any atom is -0.397 e. The molecule has 0 bridgehead atoms. The normalized spacial score (nSPS) is 9.53. The summed E-state index contributed by atoms with van der Waals surface area (Å²) in [6.45, 7) is 0.871. The number of nitrogens with one attached hydrogen (secondary N) is 1. The molecule has 0 unspecified atom stereocenters. The summed E-state index contributed by atoms with van der Waals surface area (Å²) in [5, 5.41) is 3.25. The molecule has 15 heavy (non-hydrogen) atoms. The average Bonchev–Trinajstić information content (AvgIpc) is 2.23. The quantitative estimate of drug-likeness (QED) is 0.402. The van der Waals surface area contributed by atoms with Gasteiger partial charge in [0.1, 0.15) is 0 Å². The van der Waals surface area contributed by atoms with Gasteiger partial charge in [-0.2, -0.15) is 0 Å². The van der Waals surface area contributed by atoms with Crippen LogP contribution in [-0.4, -0.2) is 18.1 Å². The van der Waals surface area contributed by atoms with E-state index >= 15 is 0 Å². The molecular formula is C11H15N3S. The highest BCUT2D eigenvalue weighted by molar-refractivity contribution is 7.99. The zero-order valence-corrected chi connectivity index (χ0v) is 9.31. The van der Waals surface area contributed by atoms with E-state index in [1.54, 1.807) is 17.8 Å². The molecular weight excluding hydrogens is 206 g/mol. The maximum absolute atomic E-state index is 5.68. The number of nitrogens with two attached hydrogens (primary N) is 2. The first-order chi connectivity index (χ1) is 7.24. The second-order valence-corrected chi connectivity index (χ2v) is 4.13. The number of rotatable bonds is 5. The molecule has 0 aliphatic rings. The standard InChI is InChI=1S/C11H15N3S/c1-2-6-15-7-5-14-9-3-4-10(12)11(13)8-9/h1,3-4,8,14H,5-7,12-13H2. The van der Waals surface area contributed by atoms with Crippen molar-refractivity contribution >= 4 is 28.8 Å². The molecule has 0 amide bonds. The molecule has 0 saturated carbocycles. The van der Waals surface area contributed by atoms with Gasteiger partial charge in [-0.05, 0) is 18.2 Å². The SMILES string of the molecule is C#CCSCCNc1ccc(N)c(N)c1. The molecule has 80 valence electrons. The smallest absolute Gasteiger partial charge is 0.0568 e. The second-order valence-electron chi connectivity index (χ2n) is 3.03. The van der Waals surface area contributed by atoms with E-state index in [1.807, 2.05) is 12.1 Å². The summed E-state index contributed by atoms with van der Waals surface area (Å²) < 4.78 is 0. The summed E-state index contributed by atoms with van der Waals surface area (Å²) in [5.74, 6) is 4.32. The minimum atomic E-state index is 0.608. The molecule has 0 heterocycles. The van der Waals surface area contributed by atoms with Gasteiger partial charge in [-0.25, -0.2) is 0 Å². The van der Waals surface area contributed by atoms with Crippen molar-refractivity contribution in [3.8, 4) is 12.3 Å². The Kier molecular flexibility index (Phi) is 4.72. The van der Waals surface area contributed by atoms with Gasteiger partial charge in [0.25, 0.3) is 0 Å². The number of anilines is 3. The summed E-state index contributed by atoms with van der Waals surface area (Å²) in [6, 6.07) is 5.55. The topological polar surface area (TPSA) is 64.1 Å². The number of terminal acetylenes is 1. The van der Waals surface area contributed by atoms with Crippen molar-refractivity contribution in [2.45, 2.75) is 0 Å². The lowest BCUT2D eigenvalue weighted by Crippen LogP contribution is -2.05. The van der Waals surface area contributed by atoms with Crippen LogP contribution in [0.15, 0.2) is 18.2 Å². The van der Waals surface area contributed by atoms with Crippen LogP contribution in [-0.2, 0) is 0 Å². The second kappa shape index (κ2) is 6.10. The van der Waals surface area contributed by atoms with Gasteiger partial charge in [-0.1, -0.05) is 5.92 Å². The zero-order chi connectivity index (χ0) is 11.1. The molecule has 0 spiro atoms. The number of nitrogen functional groups attached to an aromatic ring is 2. The van der Waals surface area contributed by atoms with Crippen molar-refractivity contribution in [1.82, 2.24) is 0 Å². The predicted molar refractivity (Wildman–Crippen MR) is 69.9 cm³/mol. The molecule has 0 fully saturated rings. The zero-order valence-electron chi connectivity index (χ0n) is 8.49. The highest BCUT2D eigenvalue weighted by atomic mass is 32.2. The molecule has 1 rings (SSSR count). The van der Waals surface area contributed by atoms with Crippen molar-refractivity contribution in [1.29, 1.82) is 0 Å². The molecule has 1 aromatic rings. The van der Waals surface area contributed by atoms with Crippen LogP contribution in [0.25, 0.3) is 0 Å². The predicted octanol–water partition coefficient (Wildman–Crippen LogP) is 1.63. The van der Waals surface area contributed by atoms with Crippen LogP contribution in [0.5, 0.6) is 0 Å². The van der Waals surface area contributed by atoms with Gasteiger partial charge in [-0.3, -0.25) is 0 Å². The lowest BCUT2D eigenvalue weighted by molar-refractivity contribution is 1.23. The summed E-state index contributed by atoms with van der Waals surface area (Å²) in [7, 11) is 0. The maximum Gasteiger partial charge on any atom is 0.0568 e. The average molecular weight is 221 g/mol. The maximum atomic E-state index is 5.68. The summed E-state index contributed by atoms with van der Waals surface area (Å²) in [5.41, 5.74) is 13.5. The van der Waals surface area contributed by atoms with Crippen LogP contribution in [0.1, 0.15) is 0 Å². The van der Waals surface area contributed by atoms with Crippen LogP contribution >= 0.6 is 11.8 Å². The Balaban J connectivity index is 2.32. The van der Waals surface area contributed by atoms with E-state index < -0.39 is 0 Å². The Morgan fingerprint density at radius 3 is 2.80 bits per heavy atom. The van der Waals surface area contributed by atoms with Gasteiger partial charge < -0.3 is 16.8 Å². The van der Waals surface area contributed by atoms with Crippen molar-refractivity contribution < 1.29 is 0 Å². The van der Waals surface area contributed by atoms with Crippen molar-refractivity contribution in [2.75, 3.05) is 34.8 Å². The molecule has 4 heteroatoms. The third-order valence-electron chi connectivity index (χ3n) is 1.85. The van der Waals surface area contributed by atoms with E-state index in [0.717, 1.165) is 23.7 Å². The largest absolute Gasteiger partial charge is 0.397 e. The summed E-state index contributed by atoms with van der Waals surface area (Å²) in [4.78, 5) is 0. The molecule has 0 atom stereocenters. The van der Waals surface area contributed by atoms with Crippen LogP contribution < -0.4 is 16.8 Å². The third kappa shape index (κ3) is 4.05. The highest BCUT2D eigenvalue weighted by Gasteiger charge is 1.96. The molecule has 0 aromatic heterocycles. The molecule has 5 N–H and O–H groups in total. The van der Waals surface area contributed by atoms with E-state index in [9.17, 15) is 0 Å². The number of benzene rings is 1. The molecule has 0 aliphatic carbocycles. The van der Waals surface area contributed by atoms with Crippen molar-refractivity contribution in [2.24, 2.45) is 0 Å². The Morgan fingerprint density at radius 1 is 1.33 bits per heavy atom. The number of thioether (sulfide) groups is 1. The lowest BCUT2D eigenvalue weighted by atomic mass is 10.2. The van der Waals surface area contributed by atoms with Crippen molar-refractivity contribution in [3.63, 3.8) is 0 Å². The van der Waals surface area contributed by atoms with Gasteiger partial charge in [0.05, 0.1) is 17.1 Å². The molecule has 1 aromatic carbocycles. The first kappa shape index (κ1) is 11.6. The van der Waals surface area contributed by atoms with Gasteiger partial charge in [-0.15, -0.1) is 18.2 Å². The molecule has 0 saturated heterocycles. The molecule has 0 aliphatic heterocycles. The summed E-state index contributed by atoms with van der Waals surface area (Å²) in [6.07, 6.45) is 5.14. The highest BCUT2D eigenvalue weighted by Crippen LogP contribution is 2.19. The fourth-order valence-corrected chi connectivity index (χ4v) is 1.59. The molecule has 0 radical (unpaired) electrons. The fourth-order valence-electron chi connectivity index (χ4n) is 1.08. The van der Waals surface area contributed by atoms with Crippen LogP contribution in [0, 0.1) is 12.3 Å². The Hall–Kier alpha value is -1.47. The monoisotopic (exact) mass is 221 g/mol. The van der Waals surface area contributed by atoms with Gasteiger partial charge in [0.2, 0.25) is 0 Å². The molecule has 3 nitrogen and oxygen atoms in total. The van der Waals surface area contributed by atoms with Crippen LogP contribution in [0.3, 0.4) is 0 Å². The van der Waals surface area contributed by atoms with E-state index in [0.29, 0.717) is 11.4 Å². The Labute approximate surface area is 94.6 Å². The Morgan fingerprint density at radius 2 is 2.13 bits per heavy atom. The van der Waals surface area contributed by atoms with Gasteiger partial charge in [0.15, 0.2) is 0 Å². The Bertz CT molecular complexity index is 357. The first-order valence-corrected chi connectivity index (χ1v) is 5.79. The van der Waals surface area contributed by atoms with E-state index in [1.165, 1.54) is 0 Å².